The number of aromatic amines is 1. The van der Waals surface area contributed by atoms with Crippen LogP contribution in [-0.4, -0.2) is 28.5 Å². The topological polar surface area (TPSA) is 31.9 Å². The zero-order valence-corrected chi connectivity index (χ0v) is 12.8. The third-order valence-corrected chi connectivity index (χ3v) is 3.71. The van der Waals surface area contributed by atoms with E-state index >= 15 is 0 Å². The number of nitrogens with zero attached hydrogens (tertiary/aromatic N) is 2. The summed E-state index contributed by atoms with van der Waals surface area (Å²) in [5, 5.41) is 0. The summed E-state index contributed by atoms with van der Waals surface area (Å²) in [6.07, 6.45) is 2.36. The molecule has 1 heterocycles. The van der Waals surface area contributed by atoms with Crippen molar-refractivity contribution in [2.24, 2.45) is 5.92 Å². The quantitative estimate of drug-likeness (QED) is 0.861. The van der Waals surface area contributed by atoms with Crippen LogP contribution in [0.25, 0.3) is 11.0 Å². The molecule has 1 N–H and O–H groups in total. The van der Waals surface area contributed by atoms with Crippen LogP contribution in [0.1, 0.15) is 45.5 Å². The molecular weight excluding hydrogens is 253 g/mol. The molecule has 1 aromatic heterocycles. The lowest BCUT2D eigenvalue weighted by atomic mass is 10.0. The highest BCUT2D eigenvalue weighted by molar-refractivity contribution is 5.75. The maximum atomic E-state index is 13.3. The van der Waals surface area contributed by atoms with E-state index in [1.165, 1.54) is 25.0 Å². The minimum atomic E-state index is -0.229. The molecule has 0 fully saturated rings. The predicted molar refractivity (Wildman–Crippen MR) is 81.2 cm³/mol. The highest BCUT2D eigenvalue weighted by Crippen LogP contribution is 2.27. The summed E-state index contributed by atoms with van der Waals surface area (Å²) in [6, 6.07) is 4.93. The van der Waals surface area contributed by atoms with Gasteiger partial charge in [-0.15, -0.1) is 0 Å². The molecule has 0 radical (unpaired) electrons. The average molecular weight is 277 g/mol. The molecule has 1 unspecified atom stereocenters. The number of nitrogens with one attached hydrogen (secondary N) is 1. The SMILES string of the molecule is CCCCN(C)C(c1nc2ccc(F)cc2[nH]1)C(C)C. The maximum absolute atomic E-state index is 13.3. The average Bonchev–Trinajstić information content (AvgIpc) is 2.78. The van der Waals surface area contributed by atoms with E-state index in [2.05, 4.69) is 42.7 Å². The Morgan fingerprint density at radius 1 is 1.35 bits per heavy atom. The molecule has 0 amide bonds. The second-order valence-corrected chi connectivity index (χ2v) is 5.81. The zero-order chi connectivity index (χ0) is 14.7. The van der Waals surface area contributed by atoms with Gasteiger partial charge < -0.3 is 4.98 Å². The van der Waals surface area contributed by atoms with Crippen LogP contribution in [0, 0.1) is 11.7 Å². The van der Waals surface area contributed by atoms with Crippen LogP contribution in [-0.2, 0) is 0 Å². The van der Waals surface area contributed by atoms with Crippen LogP contribution in [0.15, 0.2) is 18.2 Å². The summed E-state index contributed by atoms with van der Waals surface area (Å²) in [7, 11) is 2.13. The zero-order valence-electron chi connectivity index (χ0n) is 12.8. The van der Waals surface area contributed by atoms with Crippen LogP contribution < -0.4 is 0 Å². The summed E-state index contributed by atoms with van der Waals surface area (Å²) < 4.78 is 13.3. The highest BCUT2D eigenvalue weighted by atomic mass is 19.1. The number of halogens is 1. The van der Waals surface area contributed by atoms with Crippen molar-refractivity contribution in [3.05, 3.63) is 29.8 Å². The number of H-pyrrole nitrogens is 1. The molecule has 1 aromatic carbocycles. The largest absolute Gasteiger partial charge is 0.341 e. The first-order valence-corrected chi connectivity index (χ1v) is 7.38. The lowest BCUT2D eigenvalue weighted by molar-refractivity contribution is 0.184. The minimum absolute atomic E-state index is 0.229. The molecule has 2 aromatic rings. The first-order valence-electron chi connectivity index (χ1n) is 7.38. The molecule has 3 nitrogen and oxygen atoms in total. The van der Waals surface area contributed by atoms with Crippen molar-refractivity contribution in [2.75, 3.05) is 13.6 Å². The van der Waals surface area contributed by atoms with E-state index in [0.717, 1.165) is 23.4 Å². The van der Waals surface area contributed by atoms with E-state index < -0.39 is 0 Å². The smallest absolute Gasteiger partial charge is 0.125 e. The molecule has 0 aliphatic rings. The van der Waals surface area contributed by atoms with E-state index in [1.54, 1.807) is 6.07 Å². The van der Waals surface area contributed by atoms with Crippen LogP contribution >= 0.6 is 0 Å². The van der Waals surface area contributed by atoms with Gasteiger partial charge >= 0.3 is 0 Å². The van der Waals surface area contributed by atoms with Gasteiger partial charge in [-0.2, -0.15) is 0 Å². The maximum Gasteiger partial charge on any atom is 0.125 e. The molecule has 1 atom stereocenters. The van der Waals surface area contributed by atoms with Gasteiger partial charge in [0, 0.05) is 0 Å². The van der Waals surface area contributed by atoms with Gasteiger partial charge in [0.25, 0.3) is 0 Å². The second-order valence-electron chi connectivity index (χ2n) is 5.81. The first kappa shape index (κ1) is 15.0. The molecule has 0 saturated carbocycles. The van der Waals surface area contributed by atoms with Crippen molar-refractivity contribution in [3.63, 3.8) is 0 Å². The molecule has 0 aliphatic carbocycles. The molecule has 0 aliphatic heterocycles. The van der Waals surface area contributed by atoms with Crippen LogP contribution in [0.4, 0.5) is 4.39 Å². The molecular formula is C16H24FN3. The lowest BCUT2D eigenvalue weighted by Gasteiger charge is -2.29. The summed E-state index contributed by atoms with van der Waals surface area (Å²) in [5.74, 6) is 1.15. The number of hydrogen-bond donors (Lipinski definition) is 1. The fraction of sp³-hybridized carbons (Fsp3) is 0.562. The Labute approximate surface area is 120 Å². The fourth-order valence-corrected chi connectivity index (χ4v) is 2.72. The monoisotopic (exact) mass is 277 g/mol. The minimum Gasteiger partial charge on any atom is -0.341 e. The summed E-state index contributed by atoms with van der Waals surface area (Å²) >= 11 is 0. The predicted octanol–water partition coefficient (Wildman–Crippen LogP) is 4.13. The third kappa shape index (κ3) is 3.18. The number of rotatable bonds is 6. The van der Waals surface area contributed by atoms with E-state index in [4.69, 9.17) is 0 Å². The van der Waals surface area contributed by atoms with E-state index in [9.17, 15) is 4.39 Å². The molecule has 110 valence electrons. The Morgan fingerprint density at radius 2 is 2.10 bits per heavy atom. The van der Waals surface area contributed by atoms with Crippen molar-refractivity contribution in [3.8, 4) is 0 Å². The van der Waals surface area contributed by atoms with Gasteiger partial charge in [-0.05, 0) is 44.1 Å². The summed E-state index contributed by atoms with van der Waals surface area (Å²) in [6.45, 7) is 7.63. The van der Waals surface area contributed by atoms with Crippen LogP contribution in [0.5, 0.6) is 0 Å². The van der Waals surface area contributed by atoms with Crippen LogP contribution in [0.2, 0.25) is 0 Å². The molecule has 0 spiro atoms. The summed E-state index contributed by atoms with van der Waals surface area (Å²) in [5.41, 5.74) is 1.60. The normalized spacial score (nSPS) is 13.6. The number of fused-ring (bicyclic) bond motifs is 1. The van der Waals surface area contributed by atoms with Crippen molar-refractivity contribution in [1.82, 2.24) is 14.9 Å². The Kier molecular flexibility index (Phi) is 4.76. The number of imidazole rings is 1. The van der Waals surface area contributed by atoms with Crippen molar-refractivity contribution >= 4 is 11.0 Å². The number of hydrogen-bond acceptors (Lipinski definition) is 2. The highest BCUT2D eigenvalue weighted by Gasteiger charge is 2.23. The Balaban J connectivity index is 2.31. The molecule has 20 heavy (non-hydrogen) atoms. The van der Waals surface area contributed by atoms with E-state index in [0.29, 0.717) is 5.92 Å². The molecule has 4 heteroatoms. The second kappa shape index (κ2) is 6.35. The van der Waals surface area contributed by atoms with Gasteiger partial charge in [0.15, 0.2) is 0 Å². The van der Waals surface area contributed by atoms with Crippen LogP contribution in [0.3, 0.4) is 0 Å². The molecule has 0 bridgehead atoms. The number of unbranched alkanes of at least 4 members (excludes halogenated alkanes) is 1. The Morgan fingerprint density at radius 3 is 2.75 bits per heavy atom. The van der Waals surface area contributed by atoms with Gasteiger partial charge in [-0.1, -0.05) is 27.2 Å². The van der Waals surface area contributed by atoms with Gasteiger partial charge in [0.05, 0.1) is 17.1 Å². The first-order chi connectivity index (χ1) is 9.52. The number of aromatic nitrogens is 2. The van der Waals surface area contributed by atoms with E-state index in [1.807, 2.05) is 0 Å². The molecule has 2 rings (SSSR count). The third-order valence-electron chi connectivity index (χ3n) is 3.71. The van der Waals surface area contributed by atoms with Gasteiger partial charge in [-0.3, -0.25) is 4.90 Å². The van der Waals surface area contributed by atoms with Gasteiger partial charge in [0.1, 0.15) is 11.6 Å². The standard InChI is InChI=1S/C16H24FN3/c1-5-6-9-20(4)15(11(2)3)16-18-13-8-7-12(17)10-14(13)19-16/h7-8,10-11,15H,5-6,9H2,1-4H3,(H,18,19). The van der Waals surface area contributed by atoms with Crippen molar-refractivity contribution in [2.45, 2.75) is 39.7 Å². The van der Waals surface area contributed by atoms with Crippen molar-refractivity contribution < 1.29 is 4.39 Å². The number of benzene rings is 1. The van der Waals surface area contributed by atoms with Crippen molar-refractivity contribution in [1.29, 1.82) is 0 Å². The van der Waals surface area contributed by atoms with Gasteiger partial charge in [0.2, 0.25) is 0 Å². The Bertz CT molecular complexity index is 562. The lowest BCUT2D eigenvalue weighted by Crippen LogP contribution is -2.30. The molecule has 0 saturated heterocycles. The van der Waals surface area contributed by atoms with E-state index in [-0.39, 0.29) is 11.9 Å². The summed E-state index contributed by atoms with van der Waals surface area (Å²) in [4.78, 5) is 10.3. The van der Waals surface area contributed by atoms with Gasteiger partial charge in [-0.25, -0.2) is 9.37 Å². The Hall–Kier alpha value is -1.42. The fourth-order valence-electron chi connectivity index (χ4n) is 2.72.